The maximum atomic E-state index is 12.9. The van der Waals surface area contributed by atoms with Crippen LogP contribution in [-0.2, 0) is 9.53 Å². The number of carbonyl (C=O) groups excluding carboxylic acids is 2. The Balaban J connectivity index is 1.38. The Kier molecular flexibility index (Phi) is 5.55. The third-order valence-corrected chi connectivity index (χ3v) is 7.10. The van der Waals surface area contributed by atoms with Gasteiger partial charge in [0.25, 0.3) is 5.91 Å². The summed E-state index contributed by atoms with van der Waals surface area (Å²) >= 11 is 2.84. The zero-order chi connectivity index (χ0) is 22.9. The maximum absolute atomic E-state index is 12.9. The van der Waals surface area contributed by atoms with Crippen molar-refractivity contribution in [3.8, 4) is 0 Å². The van der Waals surface area contributed by atoms with Gasteiger partial charge in [0.05, 0.1) is 11.0 Å². The molecule has 0 saturated carbocycles. The molecule has 10 heteroatoms. The molecule has 2 aromatic carbocycles. The number of aliphatic hydroxyl groups excluding tert-OH is 1. The Morgan fingerprint density at radius 1 is 1.09 bits per heavy atom. The third-order valence-electron chi connectivity index (χ3n) is 5.03. The lowest BCUT2D eigenvalue weighted by Gasteiger charge is -2.23. The van der Waals surface area contributed by atoms with Crippen molar-refractivity contribution in [3.63, 3.8) is 0 Å². The number of fused-ring (bicyclic) bond motifs is 2. The van der Waals surface area contributed by atoms with Crippen LogP contribution < -0.4 is 11.1 Å². The Hall–Kier alpha value is -3.73. The molecule has 3 heterocycles. The van der Waals surface area contributed by atoms with Gasteiger partial charge >= 0.3 is 5.97 Å². The van der Waals surface area contributed by atoms with Gasteiger partial charge in [-0.3, -0.25) is 4.79 Å². The number of esters is 1. The number of nitrogen functional groups attached to an aromatic ring is 1. The van der Waals surface area contributed by atoms with Crippen LogP contribution in [0.5, 0.6) is 0 Å². The summed E-state index contributed by atoms with van der Waals surface area (Å²) in [5.41, 5.74) is 7.90. The number of hydrogen-bond donors (Lipinski definition) is 4. The summed E-state index contributed by atoms with van der Waals surface area (Å²) < 4.78 is 7.61. The van der Waals surface area contributed by atoms with Crippen molar-refractivity contribution in [2.45, 2.75) is 12.2 Å². The number of carbonyl (C=O) groups is 2. The van der Waals surface area contributed by atoms with Gasteiger partial charge in [-0.25, -0.2) is 9.78 Å². The molecular formula is C23H18N4O4S2. The largest absolute Gasteiger partial charge is 0.450 e. The third kappa shape index (κ3) is 4.31. The highest BCUT2D eigenvalue weighted by Gasteiger charge is 2.32. The van der Waals surface area contributed by atoms with Gasteiger partial charge in [-0.05, 0) is 41.3 Å². The fourth-order valence-corrected chi connectivity index (χ4v) is 5.45. The average molecular weight is 479 g/mol. The summed E-state index contributed by atoms with van der Waals surface area (Å²) in [5.74, 6) is -1.05. The monoisotopic (exact) mass is 478 g/mol. The summed E-state index contributed by atoms with van der Waals surface area (Å²) in [6.45, 7) is 0. The van der Waals surface area contributed by atoms with Crippen molar-refractivity contribution in [1.82, 2.24) is 9.97 Å². The Bertz CT molecular complexity index is 1430. The molecule has 2 atom stereocenters. The van der Waals surface area contributed by atoms with Crippen molar-refractivity contribution in [1.29, 1.82) is 0 Å². The van der Waals surface area contributed by atoms with E-state index >= 15 is 0 Å². The first-order chi connectivity index (χ1) is 16.0. The first kappa shape index (κ1) is 21.1. The van der Waals surface area contributed by atoms with E-state index in [1.165, 1.54) is 22.7 Å². The van der Waals surface area contributed by atoms with Crippen molar-refractivity contribution >= 4 is 66.6 Å². The van der Waals surface area contributed by atoms with Crippen LogP contribution >= 0.6 is 22.7 Å². The van der Waals surface area contributed by atoms with Gasteiger partial charge in [0.1, 0.15) is 4.88 Å². The molecule has 33 heavy (non-hydrogen) atoms. The topological polar surface area (TPSA) is 130 Å². The Morgan fingerprint density at radius 3 is 2.70 bits per heavy atom. The highest BCUT2D eigenvalue weighted by atomic mass is 32.1. The first-order valence-electron chi connectivity index (χ1n) is 9.95. The number of imidazole rings is 1. The van der Waals surface area contributed by atoms with Gasteiger partial charge in [0.15, 0.2) is 18.2 Å². The molecule has 3 aromatic heterocycles. The molecule has 5 aromatic rings. The van der Waals surface area contributed by atoms with Crippen molar-refractivity contribution in [2.24, 2.45) is 0 Å². The van der Waals surface area contributed by atoms with E-state index in [4.69, 9.17) is 10.5 Å². The van der Waals surface area contributed by atoms with Crippen LogP contribution in [-0.4, -0.2) is 33.1 Å². The van der Waals surface area contributed by atoms with Crippen LogP contribution in [0.25, 0.3) is 20.4 Å². The van der Waals surface area contributed by atoms with Gasteiger partial charge < -0.3 is 25.9 Å². The molecule has 1 amide bonds. The van der Waals surface area contributed by atoms with Crippen LogP contribution in [0, 0.1) is 0 Å². The highest BCUT2D eigenvalue weighted by molar-refractivity contribution is 7.27. The van der Waals surface area contributed by atoms with E-state index in [0.29, 0.717) is 27.2 Å². The predicted molar refractivity (Wildman–Crippen MR) is 129 cm³/mol. The zero-order valence-electron chi connectivity index (χ0n) is 17.0. The number of thiophene rings is 2. The van der Waals surface area contributed by atoms with E-state index in [2.05, 4.69) is 15.3 Å². The first-order valence-corrected chi connectivity index (χ1v) is 11.6. The van der Waals surface area contributed by atoms with Crippen LogP contribution in [0.1, 0.15) is 21.3 Å². The number of H-pyrrole nitrogens is 1. The molecule has 0 aliphatic carbocycles. The number of aromatic nitrogens is 2. The number of aromatic amines is 1. The number of aliphatic hydroxyl groups is 1. The molecule has 2 unspecified atom stereocenters. The number of ether oxygens (including phenoxy) is 1. The van der Waals surface area contributed by atoms with Crippen molar-refractivity contribution in [3.05, 3.63) is 76.5 Å². The molecule has 0 fully saturated rings. The normalized spacial score (nSPS) is 13.1. The standard InChI is InChI=1S/C23H18N4O4S2/c24-23-26-14-7-6-13(10-15(14)27-23)25-21(29)19(28)20(12-4-2-1-3-5-12)31-22(30)18-11-17-16(33-18)8-9-32-17/h1-11,19-20,28H,(H,25,29)(H3,24,26,27). The summed E-state index contributed by atoms with van der Waals surface area (Å²) in [6.07, 6.45) is -2.83. The molecule has 0 aliphatic heterocycles. The number of nitrogens with zero attached hydrogens (tertiary/aromatic N) is 1. The van der Waals surface area contributed by atoms with Gasteiger partial charge in [-0.2, -0.15) is 0 Å². The number of nitrogens with two attached hydrogens (primary N) is 1. The van der Waals surface area contributed by atoms with Crippen LogP contribution in [0.15, 0.2) is 66.0 Å². The minimum Gasteiger partial charge on any atom is -0.450 e. The molecule has 0 aliphatic rings. The fourth-order valence-electron chi connectivity index (χ4n) is 3.46. The summed E-state index contributed by atoms with van der Waals surface area (Å²) in [5, 5.41) is 15.5. The number of anilines is 2. The van der Waals surface area contributed by atoms with E-state index in [9.17, 15) is 14.7 Å². The minimum absolute atomic E-state index is 0.262. The lowest BCUT2D eigenvalue weighted by Crippen LogP contribution is -2.35. The Morgan fingerprint density at radius 2 is 1.91 bits per heavy atom. The molecule has 0 bridgehead atoms. The lowest BCUT2D eigenvalue weighted by atomic mass is 10.0. The van der Waals surface area contributed by atoms with E-state index in [0.717, 1.165) is 9.40 Å². The molecule has 0 radical (unpaired) electrons. The number of benzene rings is 2. The highest BCUT2D eigenvalue weighted by Crippen LogP contribution is 2.32. The van der Waals surface area contributed by atoms with Gasteiger partial charge in [0.2, 0.25) is 0 Å². The fraction of sp³-hybridized carbons (Fsp3) is 0.0870. The number of hydrogen-bond acceptors (Lipinski definition) is 8. The molecule has 5 rings (SSSR count). The summed E-state index contributed by atoms with van der Waals surface area (Å²) in [4.78, 5) is 33.2. The van der Waals surface area contributed by atoms with Crippen LogP contribution in [0.3, 0.4) is 0 Å². The molecule has 0 saturated heterocycles. The molecule has 0 spiro atoms. The minimum atomic E-state index is -1.64. The average Bonchev–Trinajstić information content (AvgIpc) is 3.51. The van der Waals surface area contributed by atoms with Gasteiger partial charge in [-0.15, -0.1) is 22.7 Å². The van der Waals surface area contributed by atoms with Crippen molar-refractivity contribution < 1.29 is 19.4 Å². The predicted octanol–water partition coefficient (Wildman–Crippen LogP) is 4.32. The zero-order valence-corrected chi connectivity index (χ0v) is 18.7. The Labute approximate surface area is 195 Å². The molecule has 5 N–H and O–H groups in total. The molecular weight excluding hydrogens is 460 g/mol. The number of amides is 1. The van der Waals surface area contributed by atoms with E-state index < -0.39 is 24.1 Å². The molecule has 166 valence electrons. The number of rotatable bonds is 6. The second kappa shape index (κ2) is 8.66. The second-order valence-electron chi connectivity index (χ2n) is 7.28. The van der Waals surface area contributed by atoms with Crippen LogP contribution in [0.4, 0.5) is 11.6 Å². The SMILES string of the molecule is Nc1nc2ccc(NC(=O)C(O)C(OC(=O)c3cc4sccc4s3)c3ccccc3)cc2[nH]1. The quantitative estimate of drug-likeness (QED) is 0.269. The van der Waals surface area contributed by atoms with E-state index in [1.54, 1.807) is 54.6 Å². The van der Waals surface area contributed by atoms with Gasteiger partial charge in [-0.1, -0.05) is 30.3 Å². The summed E-state index contributed by atoms with van der Waals surface area (Å²) in [7, 11) is 0. The molecule has 8 nitrogen and oxygen atoms in total. The van der Waals surface area contributed by atoms with Gasteiger partial charge in [0, 0.05) is 15.1 Å². The van der Waals surface area contributed by atoms with E-state index in [1.807, 2.05) is 11.4 Å². The number of nitrogens with one attached hydrogen (secondary N) is 2. The maximum Gasteiger partial charge on any atom is 0.349 e. The van der Waals surface area contributed by atoms with E-state index in [-0.39, 0.29) is 5.95 Å². The van der Waals surface area contributed by atoms with Crippen LogP contribution in [0.2, 0.25) is 0 Å². The second-order valence-corrected chi connectivity index (χ2v) is 9.32. The lowest BCUT2D eigenvalue weighted by molar-refractivity contribution is -0.130. The smallest absolute Gasteiger partial charge is 0.349 e. The van der Waals surface area contributed by atoms with Crippen molar-refractivity contribution in [2.75, 3.05) is 11.1 Å². The summed E-state index contributed by atoms with van der Waals surface area (Å²) in [6, 6.07) is 17.4.